The maximum absolute atomic E-state index is 3.41. The van der Waals surface area contributed by atoms with Gasteiger partial charge in [-0.15, -0.1) is 11.3 Å². The summed E-state index contributed by atoms with van der Waals surface area (Å²) in [6, 6.07) is 4.75. The standard InChI is InChI=1S/C14H22N2S/c1-2-4-12(3-1)14-6-5-13(17-14)11-16-9-7-15-8-10-16/h5-6,12,15H,1-4,7-11H2. The van der Waals surface area contributed by atoms with Gasteiger partial charge in [0.15, 0.2) is 0 Å². The monoisotopic (exact) mass is 250 g/mol. The van der Waals surface area contributed by atoms with Crippen LogP contribution in [0.15, 0.2) is 12.1 Å². The SMILES string of the molecule is c1cc(C2CCCC2)sc1CN1CCNCC1. The first kappa shape index (κ1) is 11.7. The van der Waals surface area contributed by atoms with E-state index in [1.165, 1.54) is 45.3 Å². The van der Waals surface area contributed by atoms with Crippen LogP contribution in [-0.4, -0.2) is 31.1 Å². The molecule has 1 aliphatic carbocycles. The Hall–Kier alpha value is -0.380. The Morgan fingerprint density at radius 1 is 1.18 bits per heavy atom. The van der Waals surface area contributed by atoms with Crippen LogP contribution in [0.4, 0.5) is 0 Å². The second kappa shape index (κ2) is 5.51. The summed E-state index contributed by atoms with van der Waals surface area (Å²) in [4.78, 5) is 5.78. The van der Waals surface area contributed by atoms with Crippen LogP contribution in [0.5, 0.6) is 0 Å². The number of nitrogens with zero attached hydrogens (tertiary/aromatic N) is 1. The van der Waals surface area contributed by atoms with Gasteiger partial charge >= 0.3 is 0 Å². The molecule has 2 nitrogen and oxygen atoms in total. The first-order valence-corrected chi connectivity index (χ1v) is 7.75. The second-order valence-electron chi connectivity index (χ2n) is 5.31. The molecule has 1 aromatic rings. The van der Waals surface area contributed by atoms with Crippen LogP contribution in [0.2, 0.25) is 0 Å². The van der Waals surface area contributed by atoms with Crippen molar-refractivity contribution >= 4 is 11.3 Å². The predicted octanol–water partition coefficient (Wildman–Crippen LogP) is 2.81. The molecule has 1 aromatic heterocycles. The summed E-state index contributed by atoms with van der Waals surface area (Å²) < 4.78 is 0. The van der Waals surface area contributed by atoms with Crippen molar-refractivity contribution in [2.45, 2.75) is 38.1 Å². The van der Waals surface area contributed by atoms with Crippen molar-refractivity contribution in [3.05, 3.63) is 21.9 Å². The molecule has 1 saturated heterocycles. The lowest BCUT2D eigenvalue weighted by molar-refractivity contribution is 0.235. The van der Waals surface area contributed by atoms with E-state index in [1.807, 2.05) is 0 Å². The van der Waals surface area contributed by atoms with E-state index in [1.54, 1.807) is 9.75 Å². The van der Waals surface area contributed by atoms with Gasteiger partial charge in [0.2, 0.25) is 0 Å². The van der Waals surface area contributed by atoms with Gasteiger partial charge in [0.25, 0.3) is 0 Å². The third-order valence-corrected chi connectivity index (χ3v) is 5.26. The lowest BCUT2D eigenvalue weighted by atomic mass is 10.1. The Balaban J connectivity index is 1.59. The van der Waals surface area contributed by atoms with E-state index >= 15 is 0 Å². The minimum absolute atomic E-state index is 0.886. The summed E-state index contributed by atoms with van der Waals surface area (Å²) in [5.41, 5.74) is 0. The van der Waals surface area contributed by atoms with Crippen LogP contribution >= 0.6 is 11.3 Å². The lowest BCUT2D eigenvalue weighted by Gasteiger charge is -2.26. The van der Waals surface area contributed by atoms with E-state index in [0.29, 0.717) is 0 Å². The van der Waals surface area contributed by atoms with E-state index < -0.39 is 0 Å². The molecule has 0 spiro atoms. The van der Waals surface area contributed by atoms with E-state index in [2.05, 4.69) is 33.7 Å². The molecule has 0 atom stereocenters. The molecule has 1 aliphatic heterocycles. The highest BCUT2D eigenvalue weighted by atomic mass is 32.1. The van der Waals surface area contributed by atoms with Crippen molar-refractivity contribution in [1.29, 1.82) is 0 Å². The maximum atomic E-state index is 3.41. The summed E-state index contributed by atoms with van der Waals surface area (Å²) >= 11 is 2.06. The number of nitrogens with one attached hydrogen (secondary N) is 1. The van der Waals surface area contributed by atoms with Crippen molar-refractivity contribution in [3.8, 4) is 0 Å². The largest absolute Gasteiger partial charge is 0.314 e. The fourth-order valence-electron chi connectivity index (χ4n) is 3.00. The summed E-state index contributed by atoms with van der Waals surface area (Å²) in [7, 11) is 0. The van der Waals surface area contributed by atoms with E-state index in [4.69, 9.17) is 0 Å². The average Bonchev–Trinajstić information content (AvgIpc) is 3.00. The van der Waals surface area contributed by atoms with Gasteiger partial charge in [0.1, 0.15) is 0 Å². The van der Waals surface area contributed by atoms with Crippen molar-refractivity contribution in [3.63, 3.8) is 0 Å². The minimum atomic E-state index is 0.886. The van der Waals surface area contributed by atoms with Gasteiger partial charge in [-0.05, 0) is 30.9 Å². The summed E-state index contributed by atoms with van der Waals surface area (Å²) in [5, 5.41) is 3.41. The van der Waals surface area contributed by atoms with Crippen molar-refractivity contribution in [1.82, 2.24) is 10.2 Å². The molecule has 94 valence electrons. The van der Waals surface area contributed by atoms with Crippen LogP contribution in [-0.2, 0) is 6.54 Å². The number of piperazine rings is 1. The van der Waals surface area contributed by atoms with Crippen molar-refractivity contribution < 1.29 is 0 Å². The molecular formula is C14H22N2S. The molecule has 0 unspecified atom stereocenters. The number of thiophene rings is 1. The van der Waals surface area contributed by atoms with E-state index in [9.17, 15) is 0 Å². The number of hydrogen-bond donors (Lipinski definition) is 1. The molecule has 2 fully saturated rings. The first-order chi connectivity index (χ1) is 8.42. The fraction of sp³-hybridized carbons (Fsp3) is 0.714. The molecule has 0 aromatic carbocycles. The van der Waals surface area contributed by atoms with Gasteiger partial charge in [0, 0.05) is 42.5 Å². The molecule has 17 heavy (non-hydrogen) atoms. The molecule has 0 radical (unpaired) electrons. The quantitative estimate of drug-likeness (QED) is 0.887. The molecular weight excluding hydrogens is 228 g/mol. The lowest BCUT2D eigenvalue weighted by Crippen LogP contribution is -2.42. The molecule has 2 heterocycles. The van der Waals surface area contributed by atoms with E-state index in [-0.39, 0.29) is 0 Å². The predicted molar refractivity (Wildman–Crippen MR) is 73.7 cm³/mol. The van der Waals surface area contributed by atoms with Gasteiger partial charge in [-0.1, -0.05) is 12.8 Å². The van der Waals surface area contributed by atoms with Crippen molar-refractivity contribution in [2.24, 2.45) is 0 Å². The Kier molecular flexibility index (Phi) is 3.79. The zero-order valence-corrected chi connectivity index (χ0v) is 11.3. The molecule has 0 bridgehead atoms. The highest BCUT2D eigenvalue weighted by molar-refractivity contribution is 7.12. The molecule has 0 amide bonds. The van der Waals surface area contributed by atoms with Crippen LogP contribution in [0.1, 0.15) is 41.4 Å². The van der Waals surface area contributed by atoms with Crippen LogP contribution in [0.25, 0.3) is 0 Å². The van der Waals surface area contributed by atoms with Crippen molar-refractivity contribution in [2.75, 3.05) is 26.2 Å². The Morgan fingerprint density at radius 2 is 1.94 bits per heavy atom. The van der Waals surface area contributed by atoms with Crippen LogP contribution in [0, 0.1) is 0 Å². The molecule has 3 heteroatoms. The zero-order chi connectivity index (χ0) is 11.5. The minimum Gasteiger partial charge on any atom is -0.314 e. The summed E-state index contributed by atoms with van der Waals surface area (Å²) in [6.07, 6.45) is 5.73. The normalized spacial score (nSPS) is 23.3. The molecule has 2 aliphatic rings. The summed E-state index contributed by atoms with van der Waals surface area (Å²) in [5.74, 6) is 0.886. The molecule has 1 saturated carbocycles. The zero-order valence-electron chi connectivity index (χ0n) is 10.5. The fourth-order valence-corrected chi connectivity index (χ4v) is 4.22. The number of hydrogen-bond acceptors (Lipinski definition) is 3. The smallest absolute Gasteiger partial charge is 0.0329 e. The highest BCUT2D eigenvalue weighted by Crippen LogP contribution is 2.37. The Labute approximate surface area is 108 Å². The number of rotatable bonds is 3. The Bertz CT molecular complexity index is 349. The second-order valence-corrected chi connectivity index (χ2v) is 6.51. The first-order valence-electron chi connectivity index (χ1n) is 6.93. The molecule has 1 N–H and O–H groups in total. The van der Waals surface area contributed by atoms with Gasteiger partial charge in [-0.2, -0.15) is 0 Å². The van der Waals surface area contributed by atoms with Crippen LogP contribution in [0.3, 0.4) is 0 Å². The van der Waals surface area contributed by atoms with Gasteiger partial charge in [0.05, 0.1) is 0 Å². The summed E-state index contributed by atoms with van der Waals surface area (Å²) in [6.45, 7) is 5.88. The van der Waals surface area contributed by atoms with Gasteiger partial charge in [-0.25, -0.2) is 0 Å². The Morgan fingerprint density at radius 3 is 2.71 bits per heavy atom. The topological polar surface area (TPSA) is 15.3 Å². The average molecular weight is 250 g/mol. The molecule has 3 rings (SSSR count). The highest BCUT2D eigenvalue weighted by Gasteiger charge is 2.19. The maximum Gasteiger partial charge on any atom is 0.0329 e. The third-order valence-electron chi connectivity index (χ3n) is 4.03. The van der Waals surface area contributed by atoms with Crippen LogP contribution < -0.4 is 5.32 Å². The van der Waals surface area contributed by atoms with Gasteiger partial charge < -0.3 is 5.32 Å². The van der Waals surface area contributed by atoms with E-state index in [0.717, 1.165) is 19.0 Å². The van der Waals surface area contributed by atoms with Gasteiger partial charge in [-0.3, -0.25) is 4.90 Å². The third kappa shape index (κ3) is 2.90.